The van der Waals surface area contributed by atoms with Gasteiger partial charge in [-0.1, -0.05) is 40.9 Å². The molecule has 0 bridgehead atoms. The standard InChI is InChI=1S/C25H22N6O4S/c32-20-9-5-17(6-10-20)18-7-11-21(12-8-18)35-25-23(31(33)34)24(27-15-28-25)26-13-16-1-3-19(4-2-16)22-14-36-30-29-22/h1-4,7-8,11-12,14-15,17H,5-6,9-10,13H2,(H,26,27,28). The molecular formula is C25H22N6O4S. The van der Waals surface area contributed by atoms with Gasteiger partial charge in [-0.3, -0.25) is 14.9 Å². The number of ether oxygens (including phenoxy) is 1. The van der Waals surface area contributed by atoms with Gasteiger partial charge in [0, 0.05) is 30.3 Å². The van der Waals surface area contributed by atoms with Gasteiger partial charge in [0.1, 0.15) is 23.6 Å². The fourth-order valence-electron chi connectivity index (χ4n) is 4.19. The lowest BCUT2D eigenvalue weighted by Gasteiger charge is -2.21. The Labute approximate surface area is 210 Å². The van der Waals surface area contributed by atoms with Gasteiger partial charge < -0.3 is 10.1 Å². The first kappa shape index (κ1) is 23.5. The Balaban J connectivity index is 1.28. The van der Waals surface area contributed by atoms with Crippen LogP contribution in [0.1, 0.15) is 42.7 Å². The number of Topliss-reactive ketones (excluding diaryl/α,β-unsaturated/α-hetero) is 1. The maximum absolute atomic E-state index is 11.9. The number of hydrogen-bond acceptors (Lipinski definition) is 10. The molecule has 182 valence electrons. The topological polar surface area (TPSA) is 133 Å². The third kappa shape index (κ3) is 5.36. The summed E-state index contributed by atoms with van der Waals surface area (Å²) >= 11 is 1.28. The highest BCUT2D eigenvalue weighted by atomic mass is 32.1. The Bertz CT molecular complexity index is 1350. The fourth-order valence-corrected chi connectivity index (χ4v) is 4.66. The zero-order valence-electron chi connectivity index (χ0n) is 19.2. The summed E-state index contributed by atoms with van der Waals surface area (Å²) in [5, 5.41) is 20.8. The monoisotopic (exact) mass is 502 g/mol. The number of nitrogens with one attached hydrogen (secondary N) is 1. The maximum Gasteiger partial charge on any atom is 0.373 e. The van der Waals surface area contributed by atoms with Crippen molar-refractivity contribution in [3.05, 3.63) is 81.5 Å². The Morgan fingerprint density at radius 1 is 1.06 bits per heavy atom. The molecule has 10 nitrogen and oxygen atoms in total. The largest absolute Gasteiger partial charge is 0.434 e. The normalized spacial score (nSPS) is 13.9. The molecule has 0 unspecified atom stereocenters. The highest BCUT2D eigenvalue weighted by molar-refractivity contribution is 7.03. The third-order valence-corrected chi connectivity index (χ3v) is 6.65. The summed E-state index contributed by atoms with van der Waals surface area (Å²) < 4.78 is 9.65. The molecule has 4 aromatic rings. The number of anilines is 1. The van der Waals surface area contributed by atoms with Crippen LogP contribution >= 0.6 is 11.5 Å². The Kier molecular flexibility index (Phi) is 6.89. The Morgan fingerprint density at radius 3 is 2.47 bits per heavy atom. The van der Waals surface area contributed by atoms with E-state index in [4.69, 9.17) is 4.74 Å². The number of carbonyl (C=O) groups excluding carboxylic acids is 1. The molecule has 1 N–H and O–H groups in total. The molecule has 0 saturated heterocycles. The molecule has 2 heterocycles. The molecule has 0 amide bonds. The summed E-state index contributed by atoms with van der Waals surface area (Å²) in [6, 6.07) is 15.1. The Hall–Kier alpha value is -4.25. The van der Waals surface area contributed by atoms with Crippen molar-refractivity contribution in [2.75, 3.05) is 5.32 Å². The number of nitrogens with zero attached hydrogens (tertiary/aromatic N) is 5. The van der Waals surface area contributed by atoms with Crippen LogP contribution in [0, 0.1) is 10.1 Å². The predicted molar refractivity (Wildman–Crippen MR) is 134 cm³/mol. The number of ketones is 1. The first-order valence-electron chi connectivity index (χ1n) is 11.5. The molecule has 0 aliphatic heterocycles. The van der Waals surface area contributed by atoms with Crippen molar-refractivity contribution in [3.63, 3.8) is 0 Å². The molecule has 11 heteroatoms. The van der Waals surface area contributed by atoms with Crippen LogP contribution in [0.15, 0.2) is 60.2 Å². The van der Waals surface area contributed by atoms with Crippen molar-refractivity contribution in [2.24, 2.45) is 0 Å². The molecule has 1 saturated carbocycles. The minimum atomic E-state index is -0.552. The maximum atomic E-state index is 11.9. The SMILES string of the molecule is O=C1CCC(c2ccc(Oc3ncnc(NCc4ccc(-c5csnn5)cc4)c3[N+](=O)[O-])cc2)CC1. The van der Waals surface area contributed by atoms with Crippen LogP contribution in [0.4, 0.5) is 11.5 Å². The molecule has 1 aliphatic carbocycles. The van der Waals surface area contributed by atoms with E-state index in [2.05, 4.69) is 24.9 Å². The van der Waals surface area contributed by atoms with Crippen molar-refractivity contribution < 1.29 is 14.5 Å². The number of aromatic nitrogens is 4. The van der Waals surface area contributed by atoms with Gasteiger partial charge in [-0.05, 0) is 53.6 Å². The second-order valence-corrected chi connectivity index (χ2v) is 9.07. The quantitative estimate of drug-likeness (QED) is 0.244. The van der Waals surface area contributed by atoms with Crippen molar-refractivity contribution in [3.8, 4) is 22.9 Å². The summed E-state index contributed by atoms with van der Waals surface area (Å²) in [5.74, 6) is 1.02. The lowest BCUT2D eigenvalue weighted by Crippen LogP contribution is -2.12. The first-order valence-corrected chi connectivity index (χ1v) is 12.3. The van der Waals surface area contributed by atoms with Crippen LogP contribution in [0.3, 0.4) is 0 Å². The van der Waals surface area contributed by atoms with Crippen molar-refractivity contribution in [2.45, 2.75) is 38.1 Å². The van der Waals surface area contributed by atoms with Gasteiger partial charge in [0.05, 0.1) is 4.92 Å². The van der Waals surface area contributed by atoms with E-state index in [0.717, 1.165) is 35.2 Å². The van der Waals surface area contributed by atoms with Crippen LogP contribution in [0.5, 0.6) is 11.6 Å². The van der Waals surface area contributed by atoms with Crippen LogP contribution in [0.25, 0.3) is 11.3 Å². The summed E-state index contributed by atoms with van der Waals surface area (Å²) in [7, 11) is 0. The summed E-state index contributed by atoms with van der Waals surface area (Å²) in [6.07, 6.45) is 4.14. The molecular weight excluding hydrogens is 480 g/mol. The van der Waals surface area contributed by atoms with Gasteiger partial charge >= 0.3 is 11.6 Å². The van der Waals surface area contributed by atoms with E-state index in [1.54, 1.807) is 12.1 Å². The average Bonchev–Trinajstić information content (AvgIpc) is 3.44. The number of benzene rings is 2. The molecule has 1 aliphatic rings. The van der Waals surface area contributed by atoms with E-state index in [1.165, 1.54) is 17.9 Å². The summed E-state index contributed by atoms with van der Waals surface area (Å²) in [4.78, 5) is 30.9. The van der Waals surface area contributed by atoms with Crippen molar-refractivity contribution in [1.82, 2.24) is 19.6 Å². The zero-order valence-corrected chi connectivity index (χ0v) is 20.0. The van der Waals surface area contributed by atoms with Crippen LogP contribution < -0.4 is 10.1 Å². The minimum Gasteiger partial charge on any atom is -0.434 e. The molecule has 2 aromatic heterocycles. The predicted octanol–water partition coefficient (Wildman–Crippen LogP) is 5.53. The van der Waals surface area contributed by atoms with E-state index >= 15 is 0 Å². The zero-order chi connectivity index (χ0) is 24.9. The lowest BCUT2D eigenvalue weighted by atomic mass is 9.83. The van der Waals surface area contributed by atoms with Gasteiger partial charge in [-0.2, -0.15) is 4.98 Å². The van der Waals surface area contributed by atoms with Crippen molar-refractivity contribution in [1.29, 1.82) is 0 Å². The smallest absolute Gasteiger partial charge is 0.373 e. The second kappa shape index (κ2) is 10.6. The van der Waals surface area contributed by atoms with Crippen LogP contribution in [0.2, 0.25) is 0 Å². The van der Waals surface area contributed by atoms with Gasteiger partial charge in [-0.25, -0.2) is 4.98 Å². The summed E-state index contributed by atoms with van der Waals surface area (Å²) in [5.41, 5.74) is 3.45. The molecule has 36 heavy (non-hydrogen) atoms. The fraction of sp³-hybridized carbons (Fsp3) is 0.240. The molecule has 0 atom stereocenters. The number of rotatable bonds is 8. The van der Waals surface area contributed by atoms with Crippen molar-refractivity contribution >= 4 is 28.8 Å². The molecule has 2 aromatic carbocycles. The van der Waals surface area contributed by atoms with E-state index in [-0.39, 0.29) is 17.4 Å². The van der Waals surface area contributed by atoms with Crippen LogP contribution in [-0.2, 0) is 11.3 Å². The van der Waals surface area contributed by atoms with E-state index in [9.17, 15) is 14.9 Å². The molecule has 0 radical (unpaired) electrons. The molecule has 5 rings (SSSR count). The average molecular weight is 503 g/mol. The van der Waals surface area contributed by atoms with E-state index < -0.39 is 4.92 Å². The van der Waals surface area contributed by atoms with E-state index in [0.29, 0.717) is 36.8 Å². The van der Waals surface area contributed by atoms with Gasteiger partial charge in [0.2, 0.25) is 5.82 Å². The highest BCUT2D eigenvalue weighted by Crippen LogP contribution is 2.36. The van der Waals surface area contributed by atoms with E-state index in [1.807, 2.05) is 41.8 Å². The molecule has 1 fully saturated rings. The van der Waals surface area contributed by atoms with Gasteiger partial charge in [0.25, 0.3) is 0 Å². The number of carbonyl (C=O) groups is 1. The third-order valence-electron chi connectivity index (χ3n) is 6.15. The Morgan fingerprint density at radius 2 is 1.81 bits per heavy atom. The first-order chi connectivity index (χ1) is 17.6. The minimum absolute atomic E-state index is 0.0706. The molecule has 0 spiro atoms. The summed E-state index contributed by atoms with van der Waals surface area (Å²) in [6.45, 7) is 0.325. The number of hydrogen-bond donors (Lipinski definition) is 1. The second-order valence-electron chi connectivity index (χ2n) is 8.46. The van der Waals surface area contributed by atoms with Crippen LogP contribution in [-0.4, -0.2) is 30.3 Å². The lowest BCUT2D eigenvalue weighted by molar-refractivity contribution is -0.385. The van der Waals surface area contributed by atoms with Gasteiger partial charge in [0.15, 0.2) is 0 Å². The highest BCUT2D eigenvalue weighted by Gasteiger charge is 2.25. The van der Waals surface area contributed by atoms with Gasteiger partial charge in [-0.15, -0.1) is 5.10 Å². The number of nitro groups is 1.